The zero-order valence-electron chi connectivity index (χ0n) is 8.59. The number of pyridine rings is 2. The van der Waals surface area contributed by atoms with E-state index in [9.17, 15) is 0 Å². The molecular weight excluding hydrogens is 196 g/mol. The van der Waals surface area contributed by atoms with Gasteiger partial charge in [-0.05, 0) is 11.5 Å². The summed E-state index contributed by atoms with van der Waals surface area (Å²) in [4.78, 5) is 8.53. The summed E-state index contributed by atoms with van der Waals surface area (Å²) in [5, 5.41) is 2.28. The van der Waals surface area contributed by atoms with E-state index in [0.717, 1.165) is 22.0 Å². The van der Waals surface area contributed by atoms with E-state index in [1.165, 1.54) is 0 Å². The van der Waals surface area contributed by atoms with E-state index in [1.807, 2.05) is 36.7 Å². The first-order valence-electron chi connectivity index (χ1n) is 5.11. The van der Waals surface area contributed by atoms with Crippen LogP contribution in [-0.4, -0.2) is 9.97 Å². The van der Waals surface area contributed by atoms with Gasteiger partial charge in [0.25, 0.3) is 0 Å². The molecule has 1 radical (unpaired) electrons. The number of hydrogen-bond acceptors (Lipinski definition) is 2. The van der Waals surface area contributed by atoms with Crippen molar-refractivity contribution in [2.24, 2.45) is 0 Å². The highest BCUT2D eigenvalue weighted by Gasteiger charge is 2.03. The minimum atomic E-state index is 0.840. The minimum Gasteiger partial charge on any atom is -0.263 e. The average molecular weight is 205 g/mol. The summed E-state index contributed by atoms with van der Waals surface area (Å²) in [6.45, 7) is 0. The van der Waals surface area contributed by atoms with E-state index in [0.29, 0.717) is 0 Å². The Hall–Kier alpha value is -2.22. The standard InChI is InChI=1S/C14H9N2/c1-2-6-12-11(5-1)9-15-10-13(12)14-7-3-4-8-16-14/h1-6,8-10H. The second kappa shape index (κ2) is 3.74. The van der Waals surface area contributed by atoms with Gasteiger partial charge in [-0.15, -0.1) is 0 Å². The van der Waals surface area contributed by atoms with E-state index in [1.54, 1.807) is 6.20 Å². The molecule has 16 heavy (non-hydrogen) atoms. The topological polar surface area (TPSA) is 25.8 Å². The number of fused-ring (bicyclic) bond motifs is 1. The SMILES string of the molecule is [c]1cccnc1-c1cncc2ccccc12. The van der Waals surface area contributed by atoms with E-state index < -0.39 is 0 Å². The lowest BCUT2D eigenvalue weighted by Gasteiger charge is -2.04. The maximum Gasteiger partial charge on any atom is 0.0802 e. The maximum atomic E-state index is 4.30. The Labute approximate surface area is 93.6 Å². The van der Waals surface area contributed by atoms with Gasteiger partial charge in [-0.3, -0.25) is 9.97 Å². The summed E-state index contributed by atoms with van der Waals surface area (Å²) in [6.07, 6.45) is 5.47. The van der Waals surface area contributed by atoms with Gasteiger partial charge < -0.3 is 0 Å². The lowest BCUT2D eigenvalue weighted by Crippen LogP contribution is -1.86. The molecule has 0 atom stereocenters. The average Bonchev–Trinajstić information content (AvgIpc) is 2.39. The van der Waals surface area contributed by atoms with Crippen LogP contribution in [0.1, 0.15) is 0 Å². The molecule has 0 saturated heterocycles. The smallest absolute Gasteiger partial charge is 0.0802 e. The molecule has 0 aliphatic rings. The predicted molar refractivity (Wildman–Crippen MR) is 63.8 cm³/mol. The fourth-order valence-electron chi connectivity index (χ4n) is 1.78. The molecule has 2 heteroatoms. The zero-order chi connectivity index (χ0) is 10.8. The van der Waals surface area contributed by atoms with Crippen molar-refractivity contribution in [3.63, 3.8) is 0 Å². The lowest BCUT2D eigenvalue weighted by molar-refractivity contribution is 1.29. The summed E-state index contributed by atoms with van der Waals surface area (Å²) < 4.78 is 0. The first kappa shape index (κ1) is 9.04. The Morgan fingerprint density at radius 2 is 1.94 bits per heavy atom. The Balaban J connectivity index is 2.32. The van der Waals surface area contributed by atoms with Crippen LogP contribution in [0.3, 0.4) is 0 Å². The van der Waals surface area contributed by atoms with E-state index in [4.69, 9.17) is 0 Å². The quantitative estimate of drug-likeness (QED) is 0.610. The molecule has 0 amide bonds. The fraction of sp³-hybridized carbons (Fsp3) is 0. The summed E-state index contributed by atoms with van der Waals surface area (Å²) in [7, 11) is 0. The van der Waals surface area contributed by atoms with Gasteiger partial charge in [-0.2, -0.15) is 0 Å². The van der Waals surface area contributed by atoms with Crippen LogP contribution in [0, 0.1) is 6.07 Å². The molecule has 0 aliphatic carbocycles. The predicted octanol–water partition coefficient (Wildman–Crippen LogP) is 3.10. The van der Waals surface area contributed by atoms with Crippen LogP contribution in [0.25, 0.3) is 22.0 Å². The second-order valence-electron chi connectivity index (χ2n) is 3.54. The molecule has 0 bridgehead atoms. The molecule has 2 aromatic heterocycles. The van der Waals surface area contributed by atoms with Gasteiger partial charge in [0, 0.05) is 35.6 Å². The van der Waals surface area contributed by atoms with Gasteiger partial charge in [-0.1, -0.05) is 30.3 Å². The van der Waals surface area contributed by atoms with Gasteiger partial charge in [0.05, 0.1) is 5.69 Å². The van der Waals surface area contributed by atoms with Crippen molar-refractivity contribution in [1.82, 2.24) is 9.97 Å². The number of aromatic nitrogens is 2. The monoisotopic (exact) mass is 205 g/mol. The van der Waals surface area contributed by atoms with E-state index in [2.05, 4.69) is 28.2 Å². The summed E-state index contributed by atoms with van der Waals surface area (Å²) in [6, 6.07) is 15.0. The normalized spacial score (nSPS) is 10.5. The Morgan fingerprint density at radius 1 is 1.00 bits per heavy atom. The molecule has 3 aromatic rings. The van der Waals surface area contributed by atoms with E-state index >= 15 is 0 Å². The van der Waals surface area contributed by atoms with Crippen molar-refractivity contribution in [2.45, 2.75) is 0 Å². The van der Waals surface area contributed by atoms with Crippen molar-refractivity contribution in [3.8, 4) is 11.3 Å². The fourth-order valence-corrected chi connectivity index (χ4v) is 1.78. The van der Waals surface area contributed by atoms with Crippen molar-refractivity contribution < 1.29 is 0 Å². The second-order valence-corrected chi connectivity index (χ2v) is 3.54. The Bertz CT molecular complexity index is 612. The molecule has 0 aliphatic heterocycles. The number of hydrogen-bond donors (Lipinski definition) is 0. The minimum absolute atomic E-state index is 0.840. The number of benzene rings is 1. The number of nitrogens with zero attached hydrogens (tertiary/aromatic N) is 2. The molecule has 2 heterocycles. The summed E-state index contributed by atoms with van der Waals surface area (Å²) in [5.41, 5.74) is 1.87. The third-order valence-electron chi connectivity index (χ3n) is 2.53. The van der Waals surface area contributed by atoms with Crippen LogP contribution in [0.4, 0.5) is 0 Å². The molecular formula is C14H9N2. The molecule has 0 N–H and O–H groups in total. The maximum absolute atomic E-state index is 4.30. The molecule has 75 valence electrons. The first-order valence-corrected chi connectivity index (χ1v) is 5.11. The molecule has 0 saturated carbocycles. The van der Waals surface area contributed by atoms with Gasteiger partial charge in [0.1, 0.15) is 0 Å². The van der Waals surface area contributed by atoms with Crippen molar-refractivity contribution in [2.75, 3.05) is 0 Å². The lowest BCUT2D eigenvalue weighted by atomic mass is 10.1. The van der Waals surface area contributed by atoms with Crippen LogP contribution >= 0.6 is 0 Å². The van der Waals surface area contributed by atoms with Crippen LogP contribution < -0.4 is 0 Å². The van der Waals surface area contributed by atoms with Crippen LogP contribution in [0.2, 0.25) is 0 Å². The largest absolute Gasteiger partial charge is 0.263 e. The molecule has 0 unspecified atom stereocenters. The zero-order valence-corrected chi connectivity index (χ0v) is 8.59. The number of rotatable bonds is 1. The third-order valence-corrected chi connectivity index (χ3v) is 2.53. The van der Waals surface area contributed by atoms with Gasteiger partial charge in [-0.25, -0.2) is 0 Å². The molecule has 2 nitrogen and oxygen atoms in total. The van der Waals surface area contributed by atoms with Crippen molar-refractivity contribution >= 4 is 10.8 Å². The van der Waals surface area contributed by atoms with Crippen LogP contribution in [0.5, 0.6) is 0 Å². The van der Waals surface area contributed by atoms with Gasteiger partial charge in [0.2, 0.25) is 0 Å². The van der Waals surface area contributed by atoms with Gasteiger partial charge >= 0.3 is 0 Å². The Morgan fingerprint density at radius 3 is 2.81 bits per heavy atom. The Kier molecular flexibility index (Phi) is 2.11. The summed E-state index contributed by atoms with van der Waals surface area (Å²) in [5.74, 6) is 0. The van der Waals surface area contributed by atoms with E-state index in [-0.39, 0.29) is 0 Å². The van der Waals surface area contributed by atoms with Crippen molar-refractivity contribution in [1.29, 1.82) is 0 Å². The van der Waals surface area contributed by atoms with Crippen molar-refractivity contribution in [3.05, 3.63) is 61.1 Å². The van der Waals surface area contributed by atoms with Crippen LogP contribution in [0.15, 0.2) is 55.0 Å². The molecule has 3 rings (SSSR count). The van der Waals surface area contributed by atoms with Crippen LogP contribution in [-0.2, 0) is 0 Å². The highest BCUT2D eigenvalue weighted by molar-refractivity contribution is 5.94. The molecule has 0 fully saturated rings. The first-order chi connectivity index (χ1) is 7.95. The summed E-state index contributed by atoms with van der Waals surface area (Å²) >= 11 is 0. The molecule has 0 spiro atoms. The highest BCUT2D eigenvalue weighted by atomic mass is 14.7. The molecule has 1 aromatic carbocycles. The van der Waals surface area contributed by atoms with Gasteiger partial charge in [0.15, 0.2) is 0 Å². The highest BCUT2D eigenvalue weighted by Crippen LogP contribution is 2.25. The third kappa shape index (κ3) is 1.44.